The largest absolute Gasteiger partial charge is 0.493 e. The molecular weight excluding hydrogens is 586 g/mol. The summed E-state index contributed by atoms with van der Waals surface area (Å²) in [6, 6.07) is 60.4. The smallest absolute Gasteiger partial charge is 0.119 e. The Bertz CT molecular complexity index is 1530. The molecule has 0 radical (unpaired) electrons. The lowest BCUT2D eigenvalue weighted by Gasteiger charge is -2.25. The lowest BCUT2D eigenvalue weighted by Crippen LogP contribution is -2.29. The van der Waals surface area contributed by atoms with E-state index in [4.69, 9.17) is 9.47 Å². The Labute approximate surface area is 270 Å². The van der Waals surface area contributed by atoms with Crippen LogP contribution in [0.15, 0.2) is 170 Å². The fourth-order valence-electron chi connectivity index (χ4n) is 5.18. The topological polar surface area (TPSA) is 18.5 Å². The predicted octanol–water partition coefficient (Wildman–Crippen LogP) is 7.69. The van der Waals surface area contributed by atoms with Crippen LogP contribution in [0.3, 0.4) is 0 Å². The molecule has 0 aliphatic heterocycles. The number of benzene rings is 6. The van der Waals surface area contributed by atoms with Gasteiger partial charge in [-0.25, -0.2) is 0 Å². The molecule has 2 nitrogen and oxygen atoms in total. The highest BCUT2D eigenvalue weighted by atomic mass is 31.1. The van der Waals surface area contributed by atoms with Crippen molar-refractivity contribution < 1.29 is 9.47 Å². The fraction of sp³-hybridized carbons (Fsp3) is 0.122. The minimum Gasteiger partial charge on any atom is -0.493 e. The number of rotatable bonds is 12. The lowest BCUT2D eigenvalue weighted by atomic mass is 9.96. The van der Waals surface area contributed by atoms with Crippen molar-refractivity contribution in [3.05, 3.63) is 170 Å². The van der Waals surface area contributed by atoms with Gasteiger partial charge < -0.3 is 9.47 Å². The average molecular weight is 625 g/mol. The van der Waals surface area contributed by atoms with Crippen LogP contribution in [0.5, 0.6) is 11.5 Å². The molecule has 0 saturated carbocycles. The van der Waals surface area contributed by atoms with Gasteiger partial charge in [-0.1, -0.05) is 159 Å². The number of hydrogen-bond acceptors (Lipinski definition) is 2. The van der Waals surface area contributed by atoms with Gasteiger partial charge in [0.2, 0.25) is 0 Å². The second kappa shape index (κ2) is 14.7. The first-order valence-electron chi connectivity index (χ1n) is 15.3. The van der Waals surface area contributed by atoms with E-state index in [2.05, 4.69) is 184 Å². The van der Waals surface area contributed by atoms with E-state index < -0.39 is 15.8 Å². The quantitative estimate of drug-likeness (QED) is 0.130. The van der Waals surface area contributed by atoms with Gasteiger partial charge in [-0.3, -0.25) is 0 Å². The average Bonchev–Trinajstić information content (AvgIpc) is 3.10. The molecule has 6 rings (SSSR count). The van der Waals surface area contributed by atoms with E-state index in [9.17, 15) is 0 Å². The van der Waals surface area contributed by atoms with Crippen LogP contribution in [0.25, 0.3) is 0 Å². The highest BCUT2D eigenvalue weighted by Gasteiger charge is 2.22. The van der Waals surface area contributed by atoms with Gasteiger partial charge in [0.15, 0.2) is 0 Å². The van der Waals surface area contributed by atoms with Crippen LogP contribution in [-0.4, -0.2) is 13.2 Å². The molecule has 0 amide bonds. The van der Waals surface area contributed by atoms with Crippen molar-refractivity contribution in [3.8, 4) is 11.5 Å². The summed E-state index contributed by atoms with van der Waals surface area (Å²) < 4.78 is 12.6. The molecule has 224 valence electrons. The van der Waals surface area contributed by atoms with Crippen LogP contribution >= 0.6 is 15.8 Å². The highest BCUT2D eigenvalue weighted by molar-refractivity contribution is 7.80. The summed E-state index contributed by atoms with van der Waals surface area (Å²) in [6.45, 7) is 5.49. The molecule has 0 atom stereocenters. The molecule has 0 saturated heterocycles. The van der Waals surface area contributed by atoms with Crippen molar-refractivity contribution in [2.45, 2.75) is 13.8 Å². The second-order valence-corrected chi connectivity index (χ2v) is 16.2. The zero-order valence-electron chi connectivity index (χ0n) is 25.8. The van der Waals surface area contributed by atoms with Crippen LogP contribution < -0.4 is 41.3 Å². The Morgan fingerprint density at radius 2 is 0.600 bits per heavy atom. The summed E-state index contributed by atoms with van der Waals surface area (Å²) in [5.41, 5.74) is -0.168. The maximum Gasteiger partial charge on any atom is 0.119 e. The number of ether oxygens (including phenoxy) is 2. The molecule has 4 heteroatoms. The molecule has 0 aliphatic rings. The minimum absolute atomic E-state index is 0.168. The van der Waals surface area contributed by atoms with Gasteiger partial charge in [-0.2, -0.15) is 0 Å². The Balaban J connectivity index is 1.08. The number of hydrogen-bond donors (Lipinski definition) is 0. The fourth-order valence-corrected chi connectivity index (χ4v) is 9.75. The van der Waals surface area contributed by atoms with E-state index in [1.54, 1.807) is 0 Å². The lowest BCUT2D eigenvalue weighted by molar-refractivity contribution is 0.110. The van der Waals surface area contributed by atoms with Gasteiger partial charge in [0.25, 0.3) is 0 Å². The first kappa shape index (κ1) is 30.8. The van der Waals surface area contributed by atoms with Crippen LogP contribution in [0.1, 0.15) is 13.8 Å². The third-order valence-corrected chi connectivity index (χ3v) is 12.4. The molecule has 6 aromatic carbocycles. The van der Waals surface area contributed by atoms with Gasteiger partial charge in [-0.05, 0) is 71.9 Å². The Kier molecular flexibility index (Phi) is 10.1. The van der Waals surface area contributed by atoms with Gasteiger partial charge in [0.1, 0.15) is 11.5 Å². The van der Waals surface area contributed by atoms with Crippen molar-refractivity contribution in [2.24, 2.45) is 5.41 Å². The maximum absolute atomic E-state index is 6.28. The summed E-state index contributed by atoms with van der Waals surface area (Å²) in [5, 5.41) is 7.99. The summed E-state index contributed by atoms with van der Waals surface area (Å²) in [6.07, 6.45) is 0. The maximum atomic E-state index is 6.28. The zero-order valence-corrected chi connectivity index (χ0v) is 27.6. The summed E-state index contributed by atoms with van der Waals surface area (Å²) in [4.78, 5) is 0. The Morgan fingerprint density at radius 3 is 0.867 bits per heavy atom. The van der Waals surface area contributed by atoms with Crippen molar-refractivity contribution in [2.75, 3.05) is 13.2 Å². The first-order chi connectivity index (χ1) is 22.1. The highest BCUT2D eigenvalue weighted by Crippen LogP contribution is 2.34. The molecule has 6 aromatic rings. The summed E-state index contributed by atoms with van der Waals surface area (Å²) in [5.74, 6) is 1.75. The van der Waals surface area contributed by atoms with Crippen LogP contribution in [0, 0.1) is 5.41 Å². The van der Waals surface area contributed by atoms with Crippen molar-refractivity contribution in [1.29, 1.82) is 0 Å². The monoisotopic (exact) mass is 624 g/mol. The van der Waals surface area contributed by atoms with Crippen molar-refractivity contribution >= 4 is 47.7 Å². The summed E-state index contributed by atoms with van der Waals surface area (Å²) >= 11 is 0. The third-order valence-electron chi connectivity index (χ3n) is 7.51. The van der Waals surface area contributed by atoms with E-state index in [-0.39, 0.29) is 5.41 Å². The van der Waals surface area contributed by atoms with Gasteiger partial charge in [-0.15, -0.1) is 0 Å². The first-order valence-corrected chi connectivity index (χ1v) is 18.0. The molecule has 45 heavy (non-hydrogen) atoms. The Hall–Kier alpha value is -4.22. The van der Waals surface area contributed by atoms with E-state index in [0.717, 1.165) is 11.5 Å². The molecule has 0 bridgehead atoms. The van der Waals surface area contributed by atoms with Gasteiger partial charge in [0, 0.05) is 5.41 Å². The van der Waals surface area contributed by atoms with Gasteiger partial charge >= 0.3 is 0 Å². The molecule has 0 spiro atoms. The molecule has 0 N–H and O–H groups in total. The van der Waals surface area contributed by atoms with Crippen LogP contribution in [0.4, 0.5) is 0 Å². The van der Waals surface area contributed by atoms with Crippen molar-refractivity contribution in [3.63, 3.8) is 0 Å². The molecular formula is C41H38O2P2. The van der Waals surface area contributed by atoms with Crippen LogP contribution in [0.2, 0.25) is 0 Å². The SMILES string of the molecule is CC(C)(COc1ccc(P(c2ccccc2)c2ccccc2)cc1)COc1ccc(P(c2ccccc2)c2ccccc2)cc1. The third kappa shape index (κ3) is 8.09. The second-order valence-electron chi connectivity index (χ2n) is 11.7. The van der Waals surface area contributed by atoms with E-state index in [1.807, 2.05) is 0 Å². The predicted molar refractivity (Wildman–Crippen MR) is 195 cm³/mol. The minimum atomic E-state index is -0.630. The Morgan fingerprint density at radius 1 is 0.356 bits per heavy atom. The molecule has 0 fully saturated rings. The van der Waals surface area contributed by atoms with Gasteiger partial charge in [0.05, 0.1) is 13.2 Å². The summed E-state index contributed by atoms with van der Waals surface area (Å²) in [7, 11) is -1.26. The standard InChI is InChI=1S/C41H38O2P2/c1-41(2,31-42-33-23-27-39(28-24-33)44(35-15-7-3-8-16-35)36-17-9-4-10-18-36)32-43-34-25-29-40(30-26-34)45(37-19-11-5-12-20-37)38-21-13-6-14-22-38/h3-30H,31-32H2,1-2H3. The van der Waals surface area contributed by atoms with E-state index in [0.29, 0.717) is 13.2 Å². The van der Waals surface area contributed by atoms with E-state index >= 15 is 0 Å². The molecule has 0 heterocycles. The molecule has 0 aromatic heterocycles. The molecule has 0 aliphatic carbocycles. The molecule has 0 unspecified atom stereocenters. The van der Waals surface area contributed by atoms with E-state index in [1.165, 1.54) is 31.8 Å². The zero-order chi connectivity index (χ0) is 30.9. The van der Waals surface area contributed by atoms with Crippen molar-refractivity contribution in [1.82, 2.24) is 0 Å². The van der Waals surface area contributed by atoms with Crippen LogP contribution in [-0.2, 0) is 0 Å². The normalized spacial score (nSPS) is 11.5.